The first-order chi connectivity index (χ1) is 14.2. The Morgan fingerprint density at radius 1 is 1.17 bits per heavy atom. The molecule has 0 saturated heterocycles. The number of nitrogens with zero attached hydrogens (tertiary/aromatic N) is 3. The van der Waals surface area contributed by atoms with Gasteiger partial charge in [-0.15, -0.1) is 0 Å². The van der Waals surface area contributed by atoms with Gasteiger partial charge in [-0.3, -0.25) is 29.4 Å². The Kier molecular flexibility index (Phi) is 5.72. The second-order valence-corrected chi connectivity index (χ2v) is 6.43. The molecule has 0 unspecified atom stereocenters. The zero-order chi connectivity index (χ0) is 22.0. The Labute approximate surface area is 168 Å². The number of carbonyl (C=O) groups excluding carboxylic acids is 3. The van der Waals surface area contributed by atoms with Crippen molar-refractivity contribution in [3.8, 4) is 5.75 Å². The largest absolute Gasteiger partial charge is 0.435 e. The summed E-state index contributed by atoms with van der Waals surface area (Å²) in [6, 6.07) is 9.33. The lowest BCUT2D eigenvalue weighted by atomic mass is 10.1. The van der Waals surface area contributed by atoms with Crippen molar-refractivity contribution in [1.29, 1.82) is 0 Å². The SMILES string of the molecule is CN(Cc1ccc(OC(F)F)cc1)C(=O)CN1C(=O)c2cccc([N+](=O)[O-])c2C1=O. The van der Waals surface area contributed by atoms with Crippen molar-refractivity contribution in [2.24, 2.45) is 0 Å². The van der Waals surface area contributed by atoms with Gasteiger partial charge in [0.15, 0.2) is 0 Å². The van der Waals surface area contributed by atoms with Crippen LogP contribution in [-0.4, -0.2) is 52.6 Å². The smallest absolute Gasteiger partial charge is 0.387 e. The lowest BCUT2D eigenvalue weighted by Gasteiger charge is -2.21. The van der Waals surface area contributed by atoms with E-state index in [0.717, 1.165) is 6.07 Å². The van der Waals surface area contributed by atoms with E-state index in [2.05, 4.69) is 4.74 Å². The van der Waals surface area contributed by atoms with E-state index >= 15 is 0 Å². The van der Waals surface area contributed by atoms with Crippen LogP contribution in [0.1, 0.15) is 26.3 Å². The van der Waals surface area contributed by atoms with Crippen LogP contribution >= 0.6 is 0 Å². The highest BCUT2D eigenvalue weighted by Crippen LogP contribution is 2.30. The lowest BCUT2D eigenvalue weighted by Crippen LogP contribution is -2.41. The monoisotopic (exact) mass is 419 g/mol. The van der Waals surface area contributed by atoms with Gasteiger partial charge >= 0.3 is 6.61 Å². The Hall–Kier alpha value is -3.89. The molecule has 0 fully saturated rings. The van der Waals surface area contributed by atoms with Gasteiger partial charge < -0.3 is 9.64 Å². The molecule has 30 heavy (non-hydrogen) atoms. The summed E-state index contributed by atoms with van der Waals surface area (Å²) in [5.41, 5.74) is -0.359. The number of ether oxygens (including phenoxy) is 1. The van der Waals surface area contributed by atoms with Crippen LogP contribution in [0.25, 0.3) is 0 Å². The number of nitro benzene ring substituents is 1. The number of hydrogen-bond donors (Lipinski definition) is 0. The summed E-state index contributed by atoms with van der Waals surface area (Å²) in [5.74, 6) is -2.30. The van der Waals surface area contributed by atoms with Crippen molar-refractivity contribution in [1.82, 2.24) is 9.80 Å². The summed E-state index contributed by atoms with van der Waals surface area (Å²) in [4.78, 5) is 49.8. The van der Waals surface area contributed by atoms with Gasteiger partial charge in [-0.1, -0.05) is 18.2 Å². The molecule has 2 aromatic rings. The molecule has 0 atom stereocenters. The summed E-state index contributed by atoms with van der Waals surface area (Å²) in [6.45, 7) is -3.46. The molecule has 1 aliphatic heterocycles. The minimum atomic E-state index is -2.95. The number of benzene rings is 2. The number of halogens is 2. The molecule has 0 spiro atoms. The Morgan fingerprint density at radius 3 is 2.43 bits per heavy atom. The Bertz CT molecular complexity index is 1030. The summed E-state index contributed by atoms with van der Waals surface area (Å²) in [6.07, 6.45) is 0. The second kappa shape index (κ2) is 8.23. The van der Waals surface area contributed by atoms with E-state index in [9.17, 15) is 33.3 Å². The zero-order valence-corrected chi connectivity index (χ0v) is 15.6. The molecular weight excluding hydrogens is 404 g/mol. The highest BCUT2D eigenvalue weighted by Gasteiger charge is 2.41. The molecule has 0 saturated carbocycles. The Balaban J connectivity index is 1.68. The van der Waals surface area contributed by atoms with Gasteiger partial charge in [0.1, 0.15) is 17.9 Å². The van der Waals surface area contributed by atoms with Crippen LogP contribution in [0.2, 0.25) is 0 Å². The van der Waals surface area contributed by atoms with E-state index in [-0.39, 0.29) is 23.4 Å². The fourth-order valence-electron chi connectivity index (χ4n) is 3.01. The van der Waals surface area contributed by atoms with E-state index in [0.29, 0.717) is 10.5 Å². The summed E-state index contributed by atoms with van der Waals surface area (Å²) in [5, 5.41) is 11.1. The molecule has 11 heteroatoms. The average molecular weight is 419 g/mol. The standard InChI is InChI=1S/C19H15F2N3O6/c1-22(9-11-5-7-12(8-6-11)30-19(20)21)15(25)10-23-17(26)13-3-2-4-14(24(28)29)16(13)18(23)27/h2-8,19H,9-10H2,1H3. The molecule has 0 bridgehead atoms. The van der Waals surface area contributed by atoms with Crippen molar-refractivity contribution in [2.75, 3.05) is 13.6 Å². The minimum Gasteiger partial charge on any atom is -0.435 e. The van der Waals surface area contributed by atoms with Gasteiger partial charge in [0, 0.05) is 19.7 Å². The van der Waals surface area contributed by atoms with Crippen LogP contribution in [0.4, 0.5) is 14.5 Å². The first kappa shape index (κ1) is 20.8. The molecule has 0 N–H and O–H groups in total. The Morgan fingerprint density at radius 2 is 1.83 bits per heavy atom. The van der Waals surface area contributed by atoms with Gasteiger partial charge in [0.2, 0.25) is 5.91 Å². The van der Waals surface area contributed by atoms with Gasteiger partial charge in [-0.25, -0.2) is 0 Å². The number of amides is 3. The van der Waals surface area contributed by atoms with E-state index in [4.69, 9.17) is 0 Å². The molecule has 0 radical (unpaired) electrons. The molecule has 0 aromatic heterocycles. The van der Waals surface area contributed by atoms with Crippen molar-refractivity contribution >= 4 is 23.4 Å². The van der Waals surface area contributed by atoms with E-state index < -0.39 is 41.5 Å². The highest BCUT2D eigenvalue weighted by atomic mass is 19.3. The summed E-state index contributed by atoms with van der Waals surface area (Å²) in [7, 11) is 1.44. The third-order valence-corrected chi connectivity index (χ3v) is 4.46. The normalized spacial score (nSPS) is 12.9. The van der Waals surface area contributed by atoms with E-state index in [1.165, 1.54) is 48.3 Å². The highest BCUT2D eigenvalue weighted by molar-refractivity contribution is 6.24. The molecule has 2 aromatic carbocycles. The first-order valence-electron chi connectivity index (χ1n) is 8.60. The topological polar surface area (TPSA) is 110 Å². The number of hydrogen-bond acceptors (Lipinski definition) is 6. The van der Waals surface area contributed by atoms with Gasteiger partial charge in [0.05, 0.1) is 10.5 Å². The lowest BCUT2D eigenvalue weighted by molar-refractivity contribution is -0.385. The van der Waals surface area contributed by atoms with Crippen LogP contribution < -0.4 is 4.74 Å². The number of fused-ring (bicyclic) bond motifs is 1. The van der Waals surface area contributed by atoms with Crippen molar-refractivity contribution in [2.45, 2.75) is 13.2 Å². The third kappa shape index (κ3) is 4.09. The van der Waals surface area contributed by atoms with Crippen molar-refractivity contribution < 1.29 is 32.8 Å². The third-order valence-electron chi connectivity index (χ3n) is 4.46. The maximum atomic E-state index is 12.5. The minimum absolute atomic E-state index is 0.0321. The number of alkyl halides is 2. The van der Waals surface area contributed by atoms with E-state index in [1.807, 2.05) is 0 Å². The predicted octanol–water partition coefficient (Wildman–Crippen LogP) is 2.45. The van der Waals surface area contributed by atoms with E-state index in [1.54, 1.807) is 0 Å². The van der Waals surface area contributed by atoms with Crippen LogP contribution in [0.15, 0.2) is 42.5 Å². The maximum absolute atomic E-state index is 12.5. The van der Waals surface area contributed by atoms with Crippen LogP contribution in [0.5, 0.6) is 5.75 Å². The predicted molar refractivity (Wildman–Crippen MR) is 98.0 cm³/mol. The molecule has 3 amide bonds. The average Bonchev–Trinajstić information content (AvgIpc) is 2.93. The zero-order valence-electron chi connectivity index (χ0n) is 15.6. The number of likely N-dealkylation sites (N-methyl/N-ethyl adjacent to an activating group) is 1. The molecule has 9 nitrogen and oxygen atoms in total. The van der Waals surface area contributed by atoms with Crippen molar-refractivity contribution in [3.63, 3.8) is 0 Å². The van der Waals surface area contributed by atoms with Crippen LogP contribution in [0.3, 0.4) is 0 Å². The van der Waals surface area contributed by atoms with Crippen LogP contribution in [-0.2, 0) is 11.3 Å². The molecule has 1 heterocycles. The molecule has 0 aliphatic carbocycles. The molecule has 1 aliphatic rings. The maximum Gasteiger partial charge on any atom is 0.387 e. The molecule has 156 valence electrons. The fraction of sp³-hybridized carbons (Fsp3) is 0.211. The molecule has 3 rings (SSSR count). The summed E-state index contributed by atoms with van der Waals surface area (Å²) < 4.78 is 28.6. The quantitative estimate of drug-likeness (QED) is 0.387. The van der Waals surface area contributed by atoms with Crippen LogP contribution in [0, 0.1) is 10.1 Å². The first-order valence-corrected chi connectivity index (χ1v) is 8.60. The van der Waals surface area contributed by atoms with Crippen molar-refractivity contribution in [3.05, 3.63) is 69.3 Å². The fourth-order valence-corrected chi connectivity index (χ4v) is 3.01. The second-order valence-electron chi connectivity index (χ2n) is 6.43. The van der Waals surface area contributed by atoms with Gasteiger partial charge in [-0.05, 0) is 23.8 Å². The number of rotatable bonds is 7. The number of nitro groups is 1. The molecular formula is C19H15F2N3O6. The van der Waals surface area contributed by atoms with Gasteiger partial charge in [0.25, 0.3) is 17.5 Å². The summed E-state index contributed by atoms with van der Waals surface area (Å²) >= 11 is 0. The number of carbonyl (C=O) groups is 3. The number of imide groups is 1. The van der Waals surface area contributed by atoms with Gasteiger partial charge in [-0.2, -0.15) is 8.78 Å².